The van der Waals surface area contributed by atoms with Crippen LogP contribution in [0.15, 0.2) is 20.9 Å². The molecule has 0 radical (unpaired) electrons. The van der Waals surface area contributed by atoms with Crippen molar-refractivity contribution in [1.29, 1.82) is 0 Å². The number of nitrogens with one attached hydrogen (secondary N) is 1. The van der Waals surface area contributed by atoms with Gasteiger partial charge in [-0.1, -0.05) is 0 Å². The van der Waals surface area contributed by atoms with E-state index in [0.29, 0.717) is 18.5 Å². The van der Waals surface area contributed by atoms with E-state index in [1.165, 1.54) is 17.7 Å². The van der Waals surface area contributed by atoms with Crippen LogP contribution in [0.5, 0.6) is 0 Å². The molecule has 3 nitrogen and oxygen atoms in total. The van der Waals surface area contributed by atoms with Gasteiger partial charge in [0.1, 0.15) is 0 Å². The van der Waals surface area contributed by atoms with Crippen LogP contribution in [0, 0.1) is 0 Å². The van der Waals surface area contributed by atoms with Gasteiger partial charge in [-0.15, -0.1) is 11.3 Å². The number of hydrogen-bond acceptors (Lipinski definition) is 2. The molecule has 0 unspecified atom stereocenters. The molecule has 1 heterocycles. The SMILES string of the molecule is NC(=NCc1ccc(Br)s1)NC1CC1. The van der Waals surface area contributed by atoms with E-state index in [2.05, 4.69) is 32.3 Å². The van der Waals surface area contributed by atoms with Gasteiger partial charge < -0.3 is 11.1 Å². The van der Waals surface area contributed by atoms with Gasteiger partial charge in [0.05, 0.1) is 10.3 Å². The third kappa shape index (κ3) is 2.99. The van der Waals surface area contributed by atoms with Crippen molar-refractivity contribution in [3.63, 3.8) is 0 Å². The molecule has 0 aromatic carbocycles. The predicted octanol–water partition coefficient (Wildman–Crippen LogP) is 2.08. The average molecular weight is 274 g/mol. The van der Waals surface area contributed by atoms with Crippen LogP contribution in [-0.4, -0.2) is 12.0 Å². The lowest BCUT2D eigenvalue weighted by Gasteiger charge is -2.01. The highest BCUT2D eigenvalue weighted by atomic mass is 79.9. The largest absolute Gasteiger partial charge is 0.370 e. The number of nitrogens with two attached hydrogens (primary N) is 1. The van der Waals surface area contributed by atoms with E-state index in [4.69, 9.17) is 5.73 Å². The smallest absolute Gasteiger partial charge is 0.189 e. The molecule has 1 aromatic rings. The molecule has 1 aliphatic carbocycles. The number of halogens is 1. The highest BCUT2D eigenvalue weighted by Crippen LogP contribution is 2.22. The van der Waals surface area contributed by atoms with Crippen molar-refractivity contribution < 1.29 is 0 Å². The van der Waals surface area contributed by atoms with E-state index in [1.807, 2.05) is 6.07 Å². The Morgan fingerprint density at radius 3 is 3.00 bits per heavy atom. The minimum Gasteiger partial charge on any atom is -0.370 e. The zero-order valence-corrected chi connectivity index (χ0v) is 10.1. The molecule has 1 aliphatic rings. The Kier molecular flexibility index (Phi) is 3.08. The molecule has 1 saturated carbocycles. The first-order valence-corrected chi connectivity index (χ1v) is 6.15. The fraction of sp³-hybridized carbons (Fsp3) is 0.444. The van der Waals surface area contributed by atoms with Crippen LogP contribution in [0.25, 0.3) is 0 Å². The molecule has 1 aromatic heterocycles. The minimum atomic E-state index is 0.567. The fourth-order valence-corrected chi connectivity index (χ4v) is 2.49. The Balaban J connectivity index is 1.84. The highest BCUT2D eigenvalue weighted by molar-refractivity contribution is 9.11. The van der Waals surface area contributed by atoms with Gasteiger partial charge in [-0.05, 0) is 40.9 Å². The van der Waals surface area contributed by atoms with Crippen LogP contribution in [-0.2, 0) is 6.54 Å². The quantitative estimate of drug-likeness (QED) is 0.655. The summed E-state index contributed by atoms with van der Waals surface area (Å²) in [7, 11) is 0. The summed E-state index contributed by atoms with van der Waals surface area (Å²) in [4.78, 5) is 5.48. The number of aliphatic imine (C=N–C) groups is 1. The van der Waals surface area contributed by atoms with Crippen molar-refractivity contribution >= 4 is 33.2 Å². The second kappa shape index (κ2) is 4.31. The molecule has 14 heavy (non-hydrogen) atoms. The van der Waals surface area contributed by atoms with Crippen LogP contribution in [0.4, 0.5) is 0 Å². The number of thiophene rings is 1. The van der Waals surface area contributed by atoms with Gasteiger partial charge in [-0.25, -0.2) is 4.99 Å². The van der Waals surface area contributed by atoms with Gasteiger partial charge in [0.25, 0.3) is 0 Å². The average Bonchev–Trinajstić information content (AvgIpc) is 2.85. The van der Waals surface area contributed by atoms with Gasteiger partial charge in [0, 0.05) is 10.9 Å². The maximum absolute atomic E-state index is 5.70. The molecule has 0 saturated heterocycles. The Hall–Kier alpha value is -0.550. The Labute approximate surface area is 95.5 Å². The molecule has 1 fully saturated rings. The van der Waals surface area contributed by atoms with Crippen LogP contribution in [0.3, 0.4) is 0 Å². The molecule has 2 rings (SSSR count). The van der Waals surface area contributed by atoms with E-state index in [-0.39, 0.29) is 0 Å². The predicted molar refractivity (Wildman–Crippen MR) is 63.5 cm³/mol. The number of guanidine groups is 1. The molecular formula is C9H12BrN3S. The maximum Gasteiger partial charge on any atom is 0.189 e. The molecule has 3 N–H and O–H groups in total. The standard InChI is InChI=1S/C9H12BrN3S/c10-8-4-3-7(14-8)5-12-9(11)13-6-1-2-6/h3-4,6H,1-2,5H2,(H3,11,12,13). The monoisotopic (exact) mass is 273 g/mol. The topological polar surface area (TPSA) is 50.4 Å². The molecular weight excluding hydrogens is 262 g/mol. The zero-order chi connectivity index (χ0) is 9.97. The molecule has 0 aliphatic heterocycles. The molecule has 76 valence electrons. The Morgan fingerprint density at radius 1 is 1.64 bits per heavy atom. The summed E-state index contributed by atoms with van der Waals surface area (Å²) in [6, 6.07) is 4.66. The van der Waals surface area contributed by atoms with E-state index >= 15 is 0 Å². The third-order valence-electron chi connectivity index (χ3n) is 1.96. The minimum absolute atomic E-state index is 0.567. The van der Waals surface area contributed by atoms with Crippen molar-refractivity contribution in [3.05, 3.63) is 20.8 Å². The van der Waals surface area contributed by atoms with Crippen molar-refractivity contribution in [2.45, 2.75) is 25.4 Å². The lowest BCUT2D eigenvalue weighted by atomic mass is 10.5. The molecule has 0 amide bonds. The summed E-state index contributed by atoms with van der Waals surface area (Å²) < 4.78 is 1.14. The first-order valence-electron chi connectivity index (χ1n) is 4.55. The lowest BCUT2D eigenvalue weighted by Crippen LogP contribution is -2.33. The Bertz CT molecular complexity index is 344. The van der Waals surface area contributed by atoms with Crippen LogP contribution in [0.2, 0.25) is 0 Å². The van der Waals surface area contributed by atoms with Gasteiger partial charge in [0.2, 0.25) is 0 Å². The summed E-state index contributed by atoms with van der Waals surface area (Å²) in [5.41, 5.74) is 5.70. The zero-order valence-electron chi connectivity index (χ0n) is 7.66. The van der Waals surface area contributed by atoms with Crippen LogP contribution >= 0.6 is 27.3 Å². The lowest BCUT2D eigenvalue weighted by molar-refractivity contribution is 0.881. The van der Waals surface area contributed by atoms with Crippen LogP contribution in [0.1, 0.15) is 17.7 Å². The van der Waals surface area contributed by atoms with Gasteiger partial charge in [-0.3, -0.25) is 0 Å². The summed E-state index contributed by atoms with van der Waals surface area (Å²) in [5.74, 6) is 0.567. The van der Waals surface area contributed by atoms with Crippen molar-refractivity contribution in [2.24, 2.45) is 10.7 Å². The third-order valence-corrected chi connectivity index (χ3v) is 3.57. The second-order valence-electron chi connectivity index (χ2n) is 3.33. The van der Waals surface area contributed by atoms with E-state index in [0.717, 1.165) is 3.79 Å². The number of rotatable bonds is 3. The summed E-state index contributed by atoms with van der Waals surface area (Å²) in [6.07, 6.45) is 2.45. The molecule has 0 bridgehead atoms. The highest BCUT2D eigenvalue weighted by Gasteiger charge is 2.21. The van der Waals surface area contributed by atoms with Gasteiger partial charge in [0.15, 0.2) is 5.96 Å². The molecule has 5 heteroatoms. The number of hydrogen-bond donors (Lipinski definition) is 2. The summed E-state index contributed by atoms with van der Waals surface area (Å²) in [5, 5.41) is 3.15. The van der Waals surface area contributed by atoms with Gasteiger partial charge >= 0.3 is 0 Å². The van der Waals surface area contributed by atoms with E-state index < -0.39 is 0 Å². The van der Waals surface area contributed by atoms with E-state index in [1.54, 1.807) is 11.3 Å². The van der Waals surface area contributed by atoms with Crippen molar-refractivity contribution in [2.75, 3.05) is 0 Å². The van der Waals surface area contributed by atoms with E-state index in [9.17, 15) is 0 Å². The maximum atomic E-state index is 5.70. The summed E-state index contributed by atoms with van der Waals surface area (Å²) >= 11 is 5.10. The first kappa shape index (κ1) is 9.98. The first-order chi connectivity index (χ1) is 6.74. The second-order valence-corrected chi connectivity index (χ2v) is 5.87. The molecule has 0 spiro atoms. The van der Waals surface area contributed by atoms with Crippen molar-refractivity contribution in [1.82, 2.24) is 5.32 Å². The van der Waals surface area contributed by atoms with Crippen molar-refractivity contribution in [3.8, 4) is 0 Å². The Morgan fingerprint density at radius 2 is 2.43 bits per heavy atom. The fourth-order valence-electron chi connectivity index (χ4n) is 1.08. The van der Waals surface area contributed by atoms with Gasteiger partial charge in [-0.2, -0.15) is 0 Å². The normalized spacial score (nSPS) is 17.1. The molecule has 0 atom stereocenters. The van der Waals surface area contributed by atoms with Crippen LogP contribution < -0.4 is 11.1 Å². The summed E-state index contributed by atoms with van der Waals surface area (Å²) in [6.45, 7) is 0.668. The number of nitrogens with zero attached hydrogens (tertiary/aromatic N) is 1.